The number of carbonyl (C=O) groups excluding carboxylic acids is 1. The van der Waals surface area contributed by atoms with Gasteiger partial charge in [0.15, 0.2) is 0 Å². The monoisotopic (exact) mass is 278 g/mol. The highest BCUT2D eigenvalue weighted by atomic mass is 19.1. The Bertz CT molecular complexity index is 498. The van der Waals surface area contributed by atoms with Crippen LogP contribution in [0.2, 0.25) is 0 Å². The van der Waals surface area contributed by atoms with Gasteiger partial charge in [-0.15, -0.1) is 0 Å². The molecule has 0 aliphatic carbocycles. The zero-order valence-electron chi connectivity index (χ0n) is 11.4. The molecule has 1 atom stereocenters. The summed E-state index contributed by atoms with van der Waals surface area (Å²) in [5.41, 5.74) is 0.298. The van der Waals surface area contributed by atoms with Crippen molar-refractivity contribution in [1.29, 1.82) is 0 Å². The van der Waals surface area contributed by atoms with E-state index in [1.807, 2.05) is 0 Å². The number of halogens is 1. The molecule has 108 valence electrons. The van der Waals surface area contributed by atoms with Crippen LogP contribution >= 0.6 is 0 Å². The summed E-state index contributed by atoms with van der Waals surface area (Å²) in [4.78, 5) is 14.1. The first-order valence-corrected chi connectivity index (χ1v) is 7.08. The summed E-state index contributed by atoms with van der Waals surface area (Å²) in [6.45, 7) is 2.40. The van der Waals surface area contributed by atoms with Gasteiger partial charge in [0.05, 0.1) is 12.1 Å². The zero-order valence-corrected chi connectivity index (χ0v) is 11.4. The van der Waals surface area contributed by atoms with Gasteiger partial charge in [-0.25, -0.2) is 4.39 Å². The van der Waals surface area contributed by atoms with Crippen molar-refractivity contribution < 1.29 is 13.9 Å². The molecule has 1 aromatic rings. The lowest BCUT2D eigenvalue weighted by atomic mass is 9.87. The number of hydrogen-bond donors (Lipinski definition) is 1. The average molecular weight is 278 g/mol. The summed E-state index contributed by atoms with van der Waals surface area (Å²) in [7, 11) is 0. The molecule has 2 heterocycles. The lowest BCUT2D eigenvalue weighted by Crippen LogP contribution is -2.60. The molecule has 20 heavy (non-hydrogen) atoms. The second kappa shape index (κ2) is 5.50. The normalized spacial score (nSPS) is 27.6. The molecule has 1 N–H and O–H groups in total. The van der Waals surface area contributed by atoms with Crippen LogP contribution in [0.4, 0.5) is 10.1 Å². The minimum Gasteiger partial charge on any atom is -0.369 e. The predicted molar refractivity (Wildman–Crippen MR) is 74.2 cm³/mol. The minimum atomic E-state index is -0.341. The van der Waals surface area contributed by atoms with Gasteiger partial charge in [-0.1, -0.05) is 6.07 Å². The Morgan fingerprint density at radius 1 is 1.30 bits per heavy atom. The molecule has 0 radical (unpaired) electrons. The van der Waals surface area contributed by atoms with E-state index < -0.39 is 0 Å². The summed E-state index contributed by atoms with van der Waals surface area (Å²) >= 11 is 0. The van der Waals surface area contributed by atoms with Gasteiger partial charge >= 0.3 is 0 Å². The maximum atomic E-state index is 13.5. The number of morpholine rings is 1. The van der Waals surface area contributed by atoms with E-state index in [0.29, 0.717) is 12.3 Å². The highest BCUT2D eigenvalue weighted by Crippen LogP contribution is 2.35. The van der Waals surface area contributed by atoms with Gasteiger partial charge in [-0.2, -0.15) is 0 Å². The third-order valence-corrected chi connectivity index (χ3v) is 4.15. The van der Waals surface area contributed by atoms with Crippen molar-refractivity contribution in [3.63, 3.8) is 0 Å². The van der Waals surface area contributed by atoms with Crippen LogP contribution in [0.5, 0.6) is 0 Å². The summed E-state index contributed by atoms with van der Waals surface area (Å²) in [6, 6.07) is 6.28. The molecule has 5 heteroatoms. The van der Waals surface area contributed by atoms with Gasteiger partial charge in [-0.05, 0) is 50.6 Å². The van der Waals surface area contributed by atoms with Gasteiger partial charge in [0, 0.05) is 5.69 Å². The summed E-state index contributed by atoms with van der Waals surface area (Å²) < 4.78 is 19.0. The number of rotatable bonds is 1. The lowest BCUT2D eigenvalue weighted by molar-refractivity contribution is -0.130. The third kappa shape index (κ3) is 2.43. The van der Waals surface area contributed by atoms with E-state index in [4.69, 9.17) is 4.74 Å². The van der Waals surface area contributed by atoms with Crippen molar-refractivity contribution in [3.05, 3.63) is 30.1 Å². The van der Waals surface area contributed by atoms with Crippen LogP contribution in [0.25, 0.3) is 0 Å². The molecule has 2 aliphatic heterocycles. The fraction of sp³-hybridized carbons (Fsp3) is 0.533. The first-order chi connectivity index (χ1) is 9.71. The van der Waals surface area contributed by atoms with E-state index in [1.54, 1.807) is 17.0 Å². The largest absolute Gasteiger partial charge is 0.369 e. The molecule has 1 aromatic carbocycles. The van der Waals surface area contributed by atoms with Crippen molar-refractivity contribution in [2.24, 2.45) is 0 Å². The predicted octanol–water partition coefficient (Wildman–Crippen LogP) is 1.70. The number of amides is 1. The van der Waals surface area contributed by atoms with Gasteiger partial charge in [0.25, 0.3) is 5.91 Å². The Kier molecular flexibility index (Phi) is 3.72. The Morgan fingerprint density at radius 3 is 3.05 bits per heavy atom. The molecule has 1 amide bonds. The highest BCUT2D eigenvalue weighted by molar-refractivity contribution is 5.96. The van der Waals surface area contributed by atoms with Crippen LogP contribution in [0.1, 0.15) is 19.3 Å². The average Bonchev–Trinajstić information content (AvgIpc) is 2.65. The molecule has 2 fully saturated rings. The van der Waals surface area contributed by atoms with Gasteiger partial charge < -0.3 is 15.0 Å². The van der Waals surface area contributed by atoms with Crippen molar-refractivity contribution in [1.82, 2.24) is 5.32 Å². The topological polar surface area (TPSA) is 41.6 Å². The molecule has 0 bridgehead atoms. The fourth-order valence-electron chi connectivity index (χ4n) is 3.24. The number of carbonyl (C=O) groups is 1. The maximum absolute atomic E-state index is 13.5. The minimum absolute atomic E-state index is 0.0751. The second-order valence-corrected chi connectivity index (χ2v) is 5.53. The molecule has 1 spiro atoms. The second-order valence-electron chi connectivity index (χ2n) is 5.53. The van der Waals surface area contributed by atoms with Crippen LogP contribution in [-0.2, 0) is 9.53 Å². The SMILES string of the molecule is O=C1COCC2(CCCNCC2)N1c1cccc(F)c1. The van der Waals surface area contributed by atoms with Crippen LogP contribution < -0.4 is 10.2 Å². The molecule has 1 unspecified atom stereocenters. The lowest BCUT2D eigenvalue weighted by Gasteiger charge is -2.46. The Morgan fingerprint density at radius 2 is 2.20 bits per heavy atom. The van der Waals surface area contributed by atoms with Crippen molar-refractivity contribution in [3.8, 4) is 0 Å². The molecule has 0 saturated carbocycles. The first-order valence-electron chi connectivity index (χ1n) is 7.08. The molecular formula is C15H19FN2O2. The number of anilines is 1. The maximum Gasteiger partial charge on any atom is 0.253 e. The zero-order chi connectivity index (χ0) is 14.0. The molecule has 4 nitrogen and oxygen atoms in total. The fourth-order valence-corrected chi connectivity index (χ4v) is 3.24. The number of benzene rings is 1. The van der Waals surface area contributed by atoms with E-state index >= 15 is 0 Å². The van der Waals surface area contributed by atoms with Gasteiger partial charge in [-0.3, -0.25) is 4.79 Å². The number of hydrogen-bond acceptors (Lipinski definition) is 3. The molecule has 2 saturated heterocycles. The van der Waals surface area contributed by atoms with E-state index in [2.05, 4.69) is 5.32 Å². The Hall–Kier alpha value is -1.46. The third-order valence-electron chi connectivity index (χ3n) is 4.15. The molecular weight excluding hydrogens is 259 g/mol. The van der Waals surface area contributed by atoms with Crippen molar-refractivity contribution in [2.45, 2.75) is 24.8 Å². The van der Waals surface area contributed by atoms with E-state index in [1.165, 1.54) is 12.1 Å². The van der Waals surface area contributed by atoms with Gasteiger partial charge in [0.2, 0.25) is 0 Å². The quantitative estimate of drug-likeness (QED) is 0.850. The van der Waals surface area contributed by atoms with Crippen LogP contribution in [-0.4, -0.2) is 37.7 Å². The summed E-state index contributed by atoms with van der Waals surface area (Å²) in [5, 5.41) is 3.35. The number of ether oxygens (including phenoxy) is 1. The Balaban J connectivity index is 1.99. The summed E-state index contributed by atoms with van der Waals surface area (Å²) in [6.07, 6.45) is 2.69. The first kappa shape index (κ1) is 13.5. The Labute approximate surface area is 117 Å². The van der Waals surface area contributed by atoms with Crippen molar-refractivity contribution >= 4 is 11.6 Å². The van der Waals surface area contributed by atoms with Gasteiger partial charge in [0.1, 0.15) is 12.4 Å². The van der Waals surface area contributed by atoms with Crippen molar-refractivity contribution in [2.75, 3.05) is 31.2 Å². The smallest absolute Gasteiger partial charge is 0.253 e. The summed E-state index contributed by atoms with van der Waals surface area (Å²) in [5.74, 6) is -0.396. The standard InChI is InChI=1S/C15H19FN2O2/c16-12-3-1-4-13(9-12)18-14(19)10-20-11-15(18)5-2-7-17-8-6-15/h1,3-4,9,17H,2,5-8,10-11H2. The molecule has 3 rings (SSSR count). The number of nitrogens with one attached hydrogen (secondary N) is 1. The highest BCUT2D eigenvalue weighted by Gasteiger charge is 2.44. The van der Waals surface area contributed by atoms with Crippen LogP contribution in [0, 0.1) is 5.82 Å². The van der Waals surface area contributed by atoms with E-state index in [9.17, 15) is 9.18 Å². The van der Waals surface area contributed by atoms with E-state index in [0.717, 1.165) is 32.4 Å². The number of nitrogens with zero attached hydrogens (tertiary/aromatic N) is 1. The van der Waals surface area contributed by atoms with Crippen LogP contribution in [0.3, 0.4) is 0 Å². The molecule has 2 aliphatic rings. The van der Waals surface area contributed by atoms with E-state index in [-0.39, 0.29) is 23.9 Å². The molecule has 0 aromatic heterocycles. The van der Waals surface area contributed by atoms with Crippen LogP contribution in [0.15, 0.2) is 24.3 Å².